The van der Waals surface area contributed by atoms with E-state index in [2.05, 4.69) is 10.3 Å². The van der Waals surface area contributed by atoms with Crippen molar-refractivity contribution in [1.82, 2.24) is 19.2 Å². The van der Waals surface area contributed by atoms with Crippen LogP contribution in [0, 0.1) is 0 Å². The van der Waals surface area contributed by atoms with Gasteiger partial charge in [0.15, 0.2) is 0 Å². The summed E-state index contributed by atoms with van der Waals surface area (Å²) in [5.74, 6) is -0.570. The van der Waals surface area contributed by atoms with Crippen LogP contribution in [0.4, 0.5) is 13.2 Å². The molecule has 5 rings (SSSR count). The van der Waals surface area contributed by atoms with E-state index in [4.69, 9.17) is 4.42 Å². The van der Waals surface area contributed by atoms with Crippen LogP contribution in [0.1, 0.15) is 43.9 Å². The van der Waals surface area contributed by atoms with Crippen LogP contribution in [0.3, 0.4) is 0 Å². The topological polar surface area (TPSA) is 115 Å². The van der Waals surface area contributed by atoms with Crippen LogP contribution in [0.5, 0.6) is 0 Å². The van der Waals surface area contributed by atoms with Gasteiger partial charge in [0.05, 0.1) is 5.56 Å². The minimum absolute atomic E-state index is 0.124. The summed E-state index contributed by atoms with van der Waals surface area (Å²) in [6, 6.07) is 7.76. The summed E-state index contributed by atoms with van der Waals surface area (Å²) in [5.41, 5.74) is 0.369. The molecule has 13 heteroatoms. The van der Waals surface area contributed by atoms with Gasteiger partial charge in [0.1, 0.15) is 11.6 Å². The average molecular weight is 589 g/mol. The monoisotopic (exact) mass is 588 g/mol. The third kappa shape index (κ3) is 5.64. The van der Waals surface area contributed by atoms with E-state index < -0.39 is 33.7 Å². The Labute approximate surface area is 233 Å². The molecule has 4 heterocycles. The van der Waals surface area contributed by atoms with Gasteiger partial charge in [-0.1, -0.05) is 12.1 Å². The van der Waals surface area contributed by atoms with E-state index in [9.17, 15) is 31.2 Å². The zero-order valence-electron chi connectivity index (χ0n) is 22.2. The van der Waals surface area contributed by atoms with Gasteiger partial charge in [-0.2, -0.15) is 17.5 Å². The normalized spacial score (nSPS) is 16.5. The SMILES string of the molecule is CC(C)n1cc(-c2ccc(C(F)(F)F)cc2)cc(CNC(=O)[C@@H]2CCCN2S(=O)(=O)c2cc3cnccc3o2)c1=O. The Hall–Kier alpha value is -3.97. The molecule has 9 nitrogen and oxygen atoms in total. The summed E-state index contributed by atoms with van der Waals surface area (Å²) in [5, 5.41) is 2.91. The predicted molar refractivity (Wildman–Crippen MR) is 144 cm³/mol. The molecular weight excluding hydrogens is 561 g/mol. The lowest BCUT2D eigenvalue weighted by Gasteiger charge is -2.22. The fourth-order valence-electron chi connectivity index (χ4n) is 4.87. The molecule has 0 saturated carbocycles. The van der Waals surface area contributed by atoms with E-state index >= 15 is 0 Å². The number of fused-ring (bicyclic) bond motifs is 1. The van der Waals surface area contributed by atoms with Gasteiger partial charge >= 0.3 is 6.18 Å². The highest BCUT2D eigenvalue weighted by atomic mass is 32.2. The van der Waals surface area contributed by atoms with Gasteiger partial charge in [-0.3, -0.25) is 14.6 Å². The summed E-state index contributed by atoms with van der Waals surface area (Å²) >= 11 is 0. The molecule has 1 N–H and O–H groups in total. The highest BCUT2D eigenvalue weighted by molar-refractivity contribution is 7.89. The van der Waals surface area contributed by atoms with Gasteiger partial charge in [-0.05, 0) is 62.1 Å². The van der Waals surface area contributed by atoms with Crippen molar-refractivity contribution in [3.8, 4) is 11.1 Å². The number of pyridine rings is 2. The number of amides is 1. The van der Waals surface area contributed by atoms with Crippen molar-refractivity contribution in [3.63, 3.8) is 0 Å². The van der Waals surface area contributed by atoms with Crippen molar-refractivity contribution in [2.45, 2.75) is 56.6 Å². The van der Waals surface area contributed by atoms with Crippen LogP contribution >= 0.6 is 0 Å². The van der Waals surface area contributed by atoms with Crippen LogP contribution in [-0.2, 0) is 27.5 Å². The molecule has 1 aromatic carbocycles. The smallest absolute Gasteiger partial charge is 0.416 e. The Balaban J connectivity index is 1.38. The molecule has 0 spiro atoms. The molecule has 1 saturated heterocycles. The zero-order valence-corrected chi connectivity index (χ0v) is 23.0. The second-order valence-electron chi connectivity index (χ2n) is 10.1. The molecule has 216 valence electrons. The molecule has 1 aliphatic rings. The predicted octanol–water partition coefficient (Wildman–Crippen LogP) is 4.73. The van der Waals surface area contributed by atoms with Crippen LogP contribution in [-0.4, -0.2) is 40.8 Å². The lowest BCUT2D eigenvalue weighted by molar-refractivity contribution is -0.137. The summed E-state index contributed by atoms with van der Waals surface area (Å²) < 4.78 is 73.9. The molecule has 41 heavy (non-hydrogen) atoms. The number of halogens is 3. The lowest BCUT2D eigenvalue weighted by Crippen LogP contribution is -2.46. The minimum Gasteiger partial charge on any atom is -0.443 e. The summed E-state index contributed by atoms with van der Waals surface area (Å²) in [6.07, 6.45) is 0.795. The largest absolute Gasteiger partial charge is 0.443 e. The number of sulfonamides is 1. The first kappa shape index (κ1) is 28.6. The maximum absolute atomic E-state index is 13.4. The van der Waals surface area contributed by atoms with Crippen molar-refractivity contribution in [1.29, 1.82) is 0 Å². The molecule has 0 unspecified atom stereocenters. The molecule has 0 aliphatic carbocycles. The highest BCUT2D eigenvalue weighted by Gasteiger charge is 2.41. The Morgan fingerprint density at radius 2 is 1.88 bits per heavy atom. The fourth-order valence-corrected chi connectivity index (χ4v) is 6.48. The number of furan rings is 1. The van der Waals surface area contributed by atoms with Crippen molar-refractivity contribution >= 4 is 26.9 Å². The average Bonchev–Trinajstić information content (AvgIpc) is 3.60. The Bertz CT molecular complexity index is 1730. The van der Waals surface area contributed by atoms with E-state index in [1.165, 1.54) is 41.2 Å². The number of hydrogen-bond acceptors (Lipinski definition) is 6. The number of carbonyl (C=O) groups excluding carboxylic acids is 1. The molecule has 1 atom stereocenters. The number of aromatic nitrogens is 2. The molecule has 0 bridgehead atoms. The number of benzene rings is 1. The zero-order chi connectivity index (χ0) is 29.5. The van der Waals surface area contributed by atoms with Crippen molar-refractivity contribution in [2.75, 3.05) is 6.54 Å². The third-order valence-corrected chi connectivity index (χ3v) is 8.80. The molecule has 1 aliphatic heterocycles. The number of alkyl halides is 3. The van der Waals surface area contributed by atoms with E-state index in [1.807, 2.05) is 0 Å². The molecule has 1 amide bonds. The van der Waals surface area contributed by atoms with E-state index in [-0.39, 0.29) is 41.8 Å². The van der Waals surface area contributed by atoms with Gasteiger partial charge in [0.2, 0.25) is 11.0 Å². The van der Waals surface area contributed by atoms with Crippen LogP contribution in [0.15, 0.2) is 75.4 Å². The first-order valence-electron chi connectivity index (χ1n) is 12.9. The standard InChI is InChI=1S/C28H27F3N4O5S/c1-17(2)34-16-21(18-5-7-22(8-6-18)28(29,30)31)12-20(27(34)37)15-33-26(36)23-4-3-11-35(23)41(38,39)25-13-19-14-32-10-9-24(19)40-25/h5-10,12-14,16-17,23H,3-4,11,15H2,1-2H3,(H,33,36)/t23-/m0/s1. The fraction of sp³-hybridized carbons (Fsp3) is 0.321. The minimum atomic E-state index is -4.48. The quantitative estimate of drug-likeness (QED) is 0.334. The molecule has 4 aromatic rings. The van der Waals surface area contributed by atoms with E-state index in [0.717, 1.165) is 16.4 Å². The number of nitrogens with zero attached hydrogens (tertiary/aromatic N) is 3. The first-order chi connectivity index (χ1) is 19.4. The van der Waals surface area contributed by atoms with E-state index in [1.54, 1.807) is 26.1 Å². The van der Waals surface area contributed by atoms with Crippen LogP contribution in [0.2, 0.25) is 0 Å². The molecular formula is C28H27F3N4O5S. The summed E-state index contributed by atoms with van der Waals surface area (Å²) in [7, 11) is -4.13. The first-order valence-corrected chi connectivity index (χ1v) is 14.4. The van der Waals surface area contributed by atoms with Crippen LogP contribution < -0.4 is 10.9 Å². The second kappa shape index (κ2) is 10.8. The summed E-state index contributed by atoms with van der Waals surface area (Å²) in [4.78, 5) is 30.3. The maximum atomic E-state index is 13.4. The number of carbonyl (C=O) groups is 1. The Morgan fingerprint density at radius 3 is 2.54 bits per heavy atom. The molecule has 3 aromatic heterocycles. The highest BCUT2D eigenvalue weighted by Crippen LogP contribution is 2.32. The maximum Gasteiger partial charge on any atom is 0.416 e. The van der Waals surface area contributed by atoms with Gasteiger partial charge < -0.3 is 14.3 Å². The summed E-state index contributed by atoms with van der Waals surface area (Å²) in [6.45, 7) is 3.50. The Kier molecular flexibility index (Phi) is 7.51. The van der Waals surface area contributed by atoms with E-state index in [0.29, 0.717) is 28.5 Å². The Morgan fingerprint density at radius 1 is 1.15 bits per heavy atom. The van der Waals surface area contributed by atoms with Crippen LogP contribution in [0.25, 0.3) is 22.1 Å². The lowest BCUT2D eigenvalue weighted by atomic mass is 10.0. The van der Waals surface area contributed by atoms with Crippen molar-refractivity contribution in [2.24, 2.45) is 0 Å². The van der Waals surface area contributed by atoms with Gasteiger partial charge in [0.25, 0.3) is 15.6 Å². The molecule has 0 radical (unpaired) electrons. The van der Waals surface area contributed by atoms with Crippen molar-refractivity contribution in [3.05, 3.63) is 82.5 Å². The third-order valence-electron chi connectivity index (χ3n) is 7.04. The van der Waals surface area contributed by atoms with Crippen molar-refractivity contribution < 1.29 is 30.8 Å². The number of nitrogens with one attached hydrogen (secondary N) is 1. The van der Waals surface area contributed by atoms with Gasteiger partial charge in [0, 0.05) is 54.7 Å². The number of hydrogen-bond donors (Lipinski definition) is 1. The van der Waals surface area contributed by atoms with Gasteiger partial charge in [-0.15, -0.1) is 0 Å². The van der Waals surface area contributed by atoms with Gasteiger partial charge in [-0.25, -0.2) is 8.42 Å². The molecule has 1 fully saturated rings. The second-order valence-corrected chi connectivity index (χ2v) is 11.9. The number of rotatable bonds is 7.